The van der Waals surface area contributed by atoms with Crippen LogP contribution in [0.1, 0.15) is 66.7 Å². The molecule has 28 heavy (non-hydrogen) atoms. The smallest absolute Gasteiger partial charge is 0.303 e. The molecule has 4 aliphatic rings. The van der Waals surface area contributed by atoms with Crippen LogP contribution in [-0.2, 0) is 23.8 Å². The summed E-state index contributed by atoms with van der Waals surface area (Å²) in [6.45, 7) is 9.60. The number of fused-ring (bicyclic) bond motifs is 2. The first-order chi connectivity index (χ1) is 12.9. The van der Waals surface area contributed by atoms with Crippen LogP contribution in [0.2, 0.25) is 0 Å². The maximum absolute atomic E-state index is 13.7. The summed E-state index contributed by atoms with van der Waals surface area (Å²) in [5.74, 6) is -1.11. The lowest BCUT2D eigenvalue weighted by molar-refractivity contribution is -0.305. The van der Waals surface area contributed by atoms with Crippen LogP contribution in [0.25, 0.3) is 0 Å². The molecule has 2 aliphatic carbocycles. The number of ether oxygens (including phenoxy) is 3. The van der Waals surface area contributed by atoms with Gasteiger partial charge >= 0.3 is 5.97 Å². The van der Waals surface area contributed by atoms with Gasteiger partial charge in [-0.1, -0.05) is 27.2 Å². The molecule has 6 heteroatoms. The van der Waals surface area contributed by atoms with Gasteiger partial charge in [0.25, 0.3) is 0 Å². The molecule has 2 spiro atoms. The van der Waals surface area contributed by atoms with E-state index in [0.29, 0.717) is 19.4 Å². The third kappa shape index (κ3) is 2.34. The summed E-state index contributed by atoms with van der Waals surface area (Å²) in [5.41, 5.74) is -4.07. The number of hydrogen-bond donors (Lipinski definition) is 1. The van der Waals surface area contributed by atoms with E-state index in [1.165, 1.54) is 6.92 Å². The minimum Gasteiger partial charge on any atom is -0.498 e. The quantitative estimate of drug-likeness (QED) is 0.691. The monoisotopic (exact) mass is 392 g/mol. The summed E-state index contributed by atoms with van der Waals surface area (Å²) in [7, 11) is 0. The third-order valence-electron chi connectivity index (χ3n) is 8.09. The Morgan fingerprint density at radius 1 is 1.18 bits per heavy atom. The zero-order valence-corrected chi connectivity index (χ0v) is 17.5. The van der Waals surface area contributed by atoms with Crippen molar-refractivity contribution in [1.29, 1.82) is 0 Å². The SMILES string of the molecule is CC(=O)OC1C(=O)C2C(C)(C)CCCC2(C)C2(CCC3(C=COC3)O2)C1(C)O. The third-order valence-corrected chi connectivity index (χ3v) is 8.09. The van der Waals surface area contributed by atoms with Crippen molar-refractivity contribution in [2.24, 2.45) is 16.7 Å². The molecule has 6 atom stereocenters. The van der Waals surface area contributed by atoms with Crippen molar-refractivity contribution >= 4 is 11.8 Å². The van der Waals surface area contributed by atoms with Crippen LogP contribution in [0, 0.1) is 16.7 Å². The fourth-order valence-electron chi connectivity index (χ4n) is 6.98. The molecular formula is C22H32O6. The number of aliphatic hydroxyl groups is 1. The fraction of sp³-hybridized carbons (Fsp3) is 0.818. The maximum Gasteiger partial charge on any atom is 0.303 e. The van der Waals surface area contributed by atoms with Gasteiger partial charge in [-0.25, -0.2) is 0 Å². The largest absolute Gasteiger partial charge is 0.498 e. The lowest BCUT2D eigenvalue weighted by Crippen LogP contribution is -2.78. The molecule has 2 heterocycles. The summed E-state index contributed by atoms with van der Waals surface area (Å²) < 4.78 is 17.7. The van der Waals surface area contributed by atoms with Crippen LogP contribution in [0.3, 0.4) is 0 Å². The summed E-state index contributed by atoms with van der Waals surface area (Å²) >= 11 is 0. The van der Waals surface area contributed by atoms with Crippen molar-refractivity contribution in [2.45, 2.75) is 89.6 Å². The van der Waals surface area contributed by atoms with Gasteiger partial charge in [-0.15, -0.1) is 0 Å². The molecular weight excluding hydrogens is 360 g/mol. The van der Waals surface area contributed by atoms with Crippen LogP contribution >= 0.6 is 0 Å². The van der Waals surface area contributed by atoms with Gasteiger partial charge in [-0.05, 0) is 44.1 Å². The van der Waals surface area contributed by atoms with Crippen LogP contribution in [0.15, 0.2) is 12.3 Å². The van der Waals surface area contributed by atoms with Crippen molar-refractivity contribution in [3.63, 3.8) is 0 Å². The van der Waals surface area contributed by atoms with Crippen LogP contribution in [0.5, 0.6) is 0 Å². The molecule has 1 N–H and O–H groups in total. The highest BCUT2D eigenvalue weighted by Gasteiger charge is 2.77. The predicted molar refractivity (Wildman–Crippen MR) is 101 cm³/mol. The first-order valence-electron chi connectivity index (χ1n) is 10.3. The Balaban J connectivity index is 1.90. The number of Topliss-reactive ketones (excluding diaryl/α,β-unsaturated/α-hetero) is 1. The molecule has 0 aromatic carbocycles. The number of hydrogen-bond acceptors (Lipinski definition) is 6. The Hall–Kier alpha value is -1.40. The van der Waals surface area contributed by atoms with Crippen LogP contribution < -0.4 is 0 Å². The summed E-state index contributed by atoms with van der Waals surface area (Å²) in [5, 5.41) is 11.8. The number of carbonyl (C=O) groups excluding carboxylic acids is 2. The van der Waals surface area contributed by atoms with Crippen molar-refractivity contribution < 1.29 is 28.9 Å². The van der Waals surface area contributed by atoms with E-state index in [-0.39, 0.29) is 17.1 Å². The average molecular weight is 392 g/mol. The first kappa shape index (κ1) is 19.9. The van der Waals surface area contributed by atoms with Gasteiger partial charge in [0.2, 0.25) is 0 Å². The first-order valence-corrected chi connectivity index (χ1v) is 10.3. The lowest BCUT2D eigenvalue weighted by atomic mass is 9.42. The molecule has 0 aromatic rings. The standard InChI is InChI=1S/C22H32O6/c1-14(23)27-17-15(24)16-18(2,3)7-6-8-19(16,4)22(20(17,5)25)10-9-21(28-22)11-12-26-13-21/h11-12,16-17,25H,6-10,13H2,1-5H3. The van der Waals surface area contributed by atoms with Gasteiger partial charge < -0.3 is 19.3 Å². The second kappa shape index (κ2) is 5.82. The van der Waals surface area contributed by atoms with E-state index in [9.17, 15) is 14.7 Å². The zero-order valence-electron chi connectivity index (χ0n) is 17.5. The predicted octanol–water partition coefficient (Wildman–Crippen LogP) is 2.92. The minimum atomic E-state index is -1.63. The normalized spacial score (nSPS) is 49.3. The molecule has 0 radical (unpaired) electrons. The van der Waals surface area contributed by atoms with Crippen molar-refractivity contribution in [3.8, 4) is 0 Å². The number of carbonyl (C=O) groups is 2. The maximum atomic E-state index is 13.7. The van der Waals surface area contributed by atoms with Gasteiger partial charge in [0, 0.05) is 18.3 Å². The Morgan fingerprint density at radius 2 is 1.89 bits per heavy atom. The van der Waals surface area contributed by atoms with E-state index in [1.54, 1.807) is 13.2 Å². The molecule has 0 bridgehead atoms. The summed E-state index contributed by atoms with van der Waals surface area (Å²) in [4.78, 5) is 25.5. The second-order valence-electron chi connectivity index (χ2n) is 10.3. The minimum absolute atomic E-state index is 0.180. The highest BCUT2D eigenvalue weighted by Crippen LogP contribution is 2.68. The van der Waals surface area contributed by atoms with Gasteiger partial charge in [-0.3, -0.25) is 9.59 Å². The van der Waals surface area contributed by atoms with Gasteiger partial charge in [0.05, 0.1) is 6.26 Å². The average Bonchev–Trinajstić information content (AvgIpc) is 3.19. The van der Waals surface area contributed by atoms with Gasteiger partial charge in [0.1, 0.15) is 23.4 Å². The number of esters is 1. The van der Waals surface area contributed by atoms with E-state index >= 15 is 0 Å². The second-order valence-corrected chi connectivity index (χ2v) is 10.3. The number of ketones is 1. The fourth-order valence-corrected chi connectivity index (χ4v) is 6.98. The molecule has 6 unspecified atom stereocenters. The highest BCUT2D eigenvalue weighted by atomic mass is 16.6. The van der Waals surface area contributed by atoms with Crippen molar-refractivity contribution in [2.75, 3.05) is 6.61 Å². The van der Waals surface area contributed by atoms with E-state index in [0.717, 1.165) is 19.3 Å². The molecule has 2 aliphatic heterocycles. The van der Waals surface area contributed by atoms with E-state index < -0.39 is 34.3 Å². The van der Waals surface area contributed by atoms with Crippen LogP contribution in [0.4, 0.5) is 0 Å². The highest BCUT2D eigenvalue weighted by molar-refractivity contribution is 5.92. The number of rotatable bonds is 1. The molecule has 0 amide bonds. The Labute approximate surface area is 166 Å². The molecule has 3 fully saturated rings. The Kier molecular flexibility index (Phi) is 4.13. The van der Waals surface area contributed by atoms with Crippen molar-refractivity contribution in [3.05, 3.63) is 12.3 Å². The van der Waals surface area contributed by atoms with E-state index in [4.69, 9.17) is 14.2 Å². The topological polar surface area (TPSA) is 82.1 Å². The molecule has 4 rings (SSSR count). The Bertz CT molecular complexity index is 739. The summed E-state index contributed by atoms with van der Waals surface area (Å²) in [6, 6.07) is 0. The molecule has 156 valence electrons. The van der Waals surface area contributed by atoms with Crippen molar-refractivity contribution in [1.82, 2.24) is 0 Å². The van der Waals surface area contributed by atoms with Crippen LogP contribution in [-0.4, -0.2) is 46.4 Å². The van der Waals surface area contributed by atoms with E-state index in [2.05, 4.69) is 20.8 Å². The Morgan fingerprint density at radius 3 is 2.50 bits per heavy atom. The van der Waals surface area contributed by atoms with E-state index in [1.807, 2.05) is 6.08 Å². The van der Waals surface area contributed by atoms with Gasteiger partial charge in [0.15, 0.2) is 11.9 Å². The zero-order chi connectivity index (χ0) is 20.6. The summed E-state index contributed by atoms with van der Waals surface area (Å²) in [6.07, 6.45) is 6.28. The molecule has 6 nitrogen and oxygen atoms in total. The lowest BCUT2D eigenvalue weighted by Gasteiger charge is -2.66. The molecule has 1 saturated heterocycles. The van der Waals surface area contributed by atoms with Gasteiger partial charge in [-0.2, -0.15) is 0 Å². The molecule has 0 aromatic heterocycles. The molecule has 2 saturated carbocycles.